The fourth-order valence-electron chi connectivity index (χ4n) is 2.51. The molecule has 3 nitrogen and oxygen atoms in total. The van der Waals surface area contributed by atoms with Crippen LogP contribution >= 0.6 is 11.3 Å². The number of aryl methyl sites for hydroxylation is 3. The number of rotatable bonds is 2. The predicted octanol–water partition coefficient (Wildman–Crippen LogP) is 3.76. The van der Waals surface area contributed by atoms with Crippen molar-refractivity contribution >= 4 is 21.6 Å². The van der Waals surface area contributed by atoms with E-state index in [4.69, 9.17) is 0 Å². The van der Waals surface area contributed by atoms with Gasteiger partial charge in [0.05, 0.1) is 11.7 Å². The van der Waals surface area contributed by atoms with Crippen molar-refractivity contribution in [1.29, 1.82) is 0 Å². The number of benzene rings is 1. The van der Waals surface area contributed by atoms with Gasteiger partial charge in [-0.25, -0.2) is 4.98 Å². The average molecular weight is 284 g/mol. The molecule has 3 rings (SSSR count). The Hall–Kier alpha value is -1.94. The molecule has 20 heavy (non-hydrogen) atoms. The second-order valence-electron chi connectivity index (χ2n) is 4.98. The van der Waals surface area contributed by atoms with Crippen molar-refractivity contribution in [2.75, 3.05) is 0 Å². The summed E-state index contributed by atoms with van der Waals surface area (Å²) < 4.78 is 1.65. The summed E-state index contributed by atoms with van der Waals surface area (Å²) in [7, 11) is 0. The quantitative estimate of drug-likeness (QED) is 0.718. The average Bonchev–Trinajstić information content (AvgIpc) is 2.84. The molecule has 0 N–H and O–H groups in total. The zero-order chi connectivity index (χ0) is 14.3. The lowest BCUT2D eigenvalue weighted by molar-refractivity contribution is 0.718. The molecule has 0 fully saturated rings. The van der Waals surface area contributed by atoms with Crippen LogP contribution in [0.3, 0.4) is 0 Å². The number of hydrogen-bond donors (Lipinski definition) is 0. The molecule has 0 atom stereocenters. The van der Waals surface area contributed by atoms with Crippen molar-refractivity contribution in [3.63, 3.8) is 0 Å². The zero-order valence-electron chi connectivity index (χ0n) is 11.8. The summed E-state index contributed by atoms with van der Waals surface area (Å²) in [6.45, 7) is 6.76. The molecule has 0 aliphatic carbocycles. The first-order valence-electron chi connectivity index (χ1n) is 6.66. The van der Waals surface area contributed by atoms with Crippen LogP contribution < -0.4 is 5.56 Å². The summed E-state index contributed by atoms with van der Waals surface area (Å²) in [5.41, 5.74) is 4.59. The van der Waals surface area contributed by atoms with Crippen LogP contribution in [-0.4, -0.2) is 9.55 Å². The smallest absolute Gasteiger partial charge is 0.262 e. The summed E-state index contributed by atoms with van der Waals surface area (Å²) in [6.07, 6.45) is 1.63. The van der Waals surface area contributed by atoms with Crippen LogP contribution in [0.2, 0.25) is 0 Å². The van der Waals surface area contributed by atoms with E-state index in [-0.39, 0.29) is 5.56 Å². The van der Waals surface area contributed by atoms with Crippen molar-refractivity contribution < 1.29 is 0 Å². The van der Waals surface area contributed by atoms with Gasteiger partial charge in [0, 0.05) is 17.5 Å². The second kappa shape index (κ2) is 4.87. The third-order valence-electron chi connectivity index (χ3n) is 3.57. The van der Waals surface area contributed by atoms with E-state index < -0.39 is 0 Å². The van der Waals surface area contributed by atoms with Gasteiger partial charge in [-0.2, -0.15) is 0 Å². The minimum Gasteiger partial charge on any atom is -0.299 e. The lowest BCUT2D eigenvalue weighted by Gasteiger charge is -2.06. The van der Waals surface area contributed by atoms with E-state index in [0.717, 1.165) is 21.3 Å². The lowest BCUT2D eigenvalue weighted by atomic mass is 9.99. The molecular formula is C16H16N2OS. The molecule has 0 aliphatic rings. The van der Waals surface area contributed by atoms with E-state index >= 15 is 0 Å². The number of fused-ring (bicyclic) bond motifs is 1. The Bertz CT molecular complexity index is 845. The molecule has 0 bridgehead atoms. The Kier molecular flexibility index (Phi) is 3.18. The molecule has 2 heterocycles. The van der Waals surface area contributed by atoms with Crippen LogP contribution in [0.5, 0.6) is 0 Å². The normalized spacial score (nSPS) is 11.2. The van der Waals surface area contributed by atoms with E-state index in [9.17, 15) is 4.79 Å². The molecule has 0 unspecified atom stereocenters. The Morgan fingerprint density at radius 1 is 1.25 bits per heavy atom. The molecule has 0 spiro atoms. The molecule has 0 radical (unpaired) electrons. The Balaban J connectivity index is 2.34. The van der Waals surface area contributed by atoms with Crippen molar-refractivity contribution in [3.8, 4) is 11.1 Å². The summed E-state index contributed by atoms with van der Waals surface area (Å²) in [6, 6.07) is 6.32. The van der Waals surface area contributed by atoms with Crippen molar-refractivity contribution in [3.05, 3.63) is 51.4 Å². The van der Waals surface area contributed by atoms with Crippen molar-refractivity contribution in [1.82, 2.24) is 9.55 Å². The summed E-state index contributed by atoms with van der Waals surface area (Å²) in [5.74, 6) is 0. The highest BCUT2D eigenvalue weighted by molar-refractivity contribution is 7.17. The third-order valence-corrected chi connectivity index (χ3v) is 4.46. The standard InChI is InChI=1S/C16H16N2OS/c1-4-18-9-17-15-14(16(18)19)13(8-20-15)12-6-5-10(2)7-11(12)3/h5-9H,4H2,1-3H3. The second-order valence-corrected chi connectivity index (χ2v) is 5.84. The van der Waals surface area contributed by atoms with Crippen molar-refractivity contribution in [2.24, 2.45) is 0 Å². The number of nitrogens with zero attached hydrogens (tertiary/aromatic N) is 2. The number of thiophene rings is 1. The van der Waals surface area contributed by atoms with Gasteiger partial charge < -0.3 is 0 Å². The van der Waals surface area contributed by atoms with Gasteiger partial charge in [-0.1, -0.05) is 23.8 Å². The van der Waals surface area contributed by atoms with Gasteiger partial charge in [0.1, 0.15) is 4.83 Å². The molecule has 4 heteroatoms. The van der Waals surface area contributed by atoms with Crippen LogP contribution in [-0.2, 0) is 6.54 Å². The van der Waals surface area contributed by atoms with Crippen LogP contribution in [0.1, 0.15) is 18.1 Å². The number of hydrogen-bond acceptors (Lipinski definition) is 3. The minimum atomic E-state index is 0.0497. The molecule has 0 aliphatic heterocycles. The summed E-state index contributed by atoms with van der Waals surface area (Å²) in [5, 5.41) is 2.78. The van der Waals surface area contributed by atoms with Gasteiger partial charge >= 0.3 is 0 Å². The largest absolute Gasteiger partial charge is 0.299 e. The first kappa shape index (κ1) is 13.1. The van der Waals surface area contributed by atoms with Crippen molar-refractivity contribution in [2.45, 2.75) is 27.3 Å². The van der Waals surface area contributed by atoms with Gasteiger partial charge in [0.25, 0.3) is 5.56 Å². The molecule has 1 aromatic carbocycles. The van der Waals surface area contributed by atoms with Gasteiger partial charge in [0.15, 0.2) is 0 Å². The molecule has 2 aromatic heterocycles. The predicted molar refractivity (Wildman–Crippen MR) is 84.5 cm³/mol. The zero-order valence-corrected chi connectivity index (χ0v) is 12.6. The molecule has 0 saturated carbocycles. The maximum absolute atomic E-state index is 12.5. The van der Waals surface area contributed by atoms with Crippen LogP contribution in [0, 0.1) is 13.8 Å². The van der Waals surface area contributed by atoms with E-state index in [1.54, 1.807) is 10.9 Å². The Morgan fingerprint density at radius 2 is 2.05 bits per heavy atom. The molecule has 102 valence electrons. The highest BCUT2D eigenvalue weighted by atomic mass is 32.1. The van der Waals surface area contributed by atoms with Crippen LogP contribution in [0.25, 0.3) is 21.3 Å². The van der Waals surface area contributed by atoms with E-state index in [1.807, 2.05) is 12.3 Å². The van der Waals surface area contributed by atoms with E-state index in [2.05, 4.69) is 37.0 Å². The first-order valence-corrected chi connectivity index (χ1v) is 7.54. The highest BCUT2D eigenvalue weighted by Gasteiger charge is 2.14. The van der Waals surface area contributed by atoms with Crippen LogP contribution in [0.4, 0.5) is 0 Å². The Labute approximate surface area is 121 Å². The SMILES string of the molecule is CCn1cnc2scc(-c3ccc(C)cc3C)c2c1=O. The lowest BCUT2D eigenvalue weighted by Crippen LogP contribution is -2.19. The fraction of sp³-hybridized carbons (Fsp3) is 0.250. The van der Waals surface area contributed by atoms with Gasteiger partial charge in [-0.3, -0.25) is 9.36 Å². The highest BCUT2D eigenvalue weighted by Crippen LogP contribution is 2.32. The number of aromatic nitrogens is 2. The molecule has 3 aromatic rings. The monoisotopic (exact) mass is 284 g/mol. The van der Waals surface area contributed by atoms with E-state index in [1.165, 1.54) is 22.5 Å². The van der Waals surface area contributed by atoms with Gasteiger partial charge in [0.2, 0.25) is 0 Å². The third kappa shape index (κ3) is 1.96. The van der Waals surface area contributed by atoms with Crippen LogP contribution in [0.15, 0.2) is 34.7 Å². The topological polar surface area (TPSA) is 34.9 Å². The maximum Gasteiger partial charge on any atom is 0.262 e. The first-order chi connectivity index (χ1) is 9.61. The molecule has 0 amide bonds. The molecule has 0 saturated heterocycles. The molecular weight excluding hydrogens is 268 g/mol. The summed E-state index contributed by atoms with van der Waals surface area (Å²) >= 11 is 1.53. The summed E-state index contributed by atoms with van der Waals surface area (Å²) in [4.78, 5) is 17.7. The maximum atomic E-state index is 12.5. The fourth-order valence-corrected chi connectivity index (χ4v) is 3.40. The Morgan fingerprint density at radius 3 is 2.75 bits per heavy atom. The van der Waals surface area contributed by atoms with Gasteiger partial charge in [-0.05, 0) is 31.9 Å². The van der Waals surface area contributed by atoms with E-state index in [0.29, 0.717) is 6.54 Å². The van der Waals surface area contributed by atoms with Gasteiger partial charge in [-0.15, -0.1) is 11.3 Å². The minimum absolute atomic E-state index is 0.0497.